The Kier molecular flexibility index (Phi) is 6.36. The second-order valence-corrected chi connectivity index (χ2v) is 8.58. The lowest BCUT2D eigenvalue weighted by Crippen LogP contribution is -2.56. The Morgan fingerprint density at radius 1 is 1.31 bits per heavy atom. The standard InChI is InChI=1S/C22H28O10/c1-12(10-23)18(25)30-16-9-21(4,27)22(28-5)7-6-20(3,32-22)8-15-17(16)14(19(26)31-15)11-29-13(2)24/h8,16,23,27H,1,6-7,9-11H2,2-5H3/b15-8+/t16-,20-,21+,22+/m0/s1. The van der Waals surface area contributed by atoms with Crippen molar-refractivity contribution >= 4 is 17.9 Å². The molecular weight excluding hydrogens is 424 g/mol. The minimum absolute atomic E-state index is 0.0255. The quantitative estimate of drug-likeness (QED) is 0.338. The Labute approximate surface area is 185 Å². The Balaban J connectivity index is 2.18. The van der Waals surface area contributed by atoms with Crippen LogP contribution in [0.15, 0.2) is 35.1 Å². The van der Waals surface area contributed by atoms with Gasteiger partial charge in [0.25, 0.3) is 0 Å². The van der Waals surface area contributed by atoms with Crippen molar-refractivity contribution in [3.8, 4) is 0 Å². The molecule has 0 aliphatic carbocycles. The summed E-state index contributed by atoms with van der Waals surface area (Å²) >= 11 is 0. The molecule has 3 heterocycles. The number of ether oxygens (including phenoxy) is 5. The van der Waals surface area contributed by atoms with Crippen molar-refractivity contribution in [2.24, 2.45) is 0 Å². The number of rotatable bonds is 6. The first-order valence-electron chi connectivity index (χ1n) is 10.2. The molecule has 2 N–H and O–H groups in total. The molecule has 10 nitrogen and oxygen atoms in total. The second kappa shape index (κ2) is 8.43. The summed E-state index contributed by atoms with van der Waals surface area (Å²) in [4.78, 5) is 36.5. The minimum Gasteiger partial charge on any atom is -0.461 e. The van der Waals surface area contributed by atoms with Crippen LogP contribution in [0.4, 0.5) is 0 Å². The first-order chi connectivity index (χ1) is 14.9. The molecule has 176 valence electrons. The summed E-state index contributed by atoms with van der Waals surface area (Å²) in [7, 11) is 1.41. The maximum atomic E-state index is 12.6. The fourth-order valence-corrected chi connectivity index (χ4v) is 4.26. The van der Waals surface area contributed by atoms with Gasteiger partial charge in [-0.2, -0.15) is 0 Å². The summed E-state index contributed by atoms with van der Waals surface area (Å²) in [6.07, 6.45) is 0.895. The highest BCUT2D eigenvalue weighted by atomic mass is 16.7. The van der Waals surface area contributed by atoms with Gasteiger partial charge in [-0.15, -0.1) is 0 Å². The third kappa shape index (κ3) is 4.23. The van der Waals surface area contributed by atoms with Gasteiger partial charge in [0.2, 0.25) is 0 Å². The van der Waals surface area contributed by atoms with E-state index in [0.717, 1.165) is 0 Å². The van der Waals surface area contributed by atoms with E-state index in [1.54, 1.807) is 13.0 Å². The fraction of sp³-hybridized carbons (Fsp3) is 0.591. The van der Waals surface area contributed by atoms with Gasteiger partial charge in [0.15, 0.2) is 5.79 Å². The van der Waals surface area contributed by atoms with Crippen LogP contribution in [0.2, 0.25) is 0 Å². The van der Waals surface area contributed by atoms with Gasteiger partial charge in [-0.25, -0.2) is 9.59 Å². The summed E-state index contributed by atoms with van der Waals surface area (Å²) in [6.45, 7) is 6.84. The van der Waals surface area contributed by atoms with Crippen LogP contribution in [0.25, 0.3) is 0 Å². The average Bonchev–Trinajstić information content (AvgIpc) is 3.22. The SMILES string of the molecule is C=C(CO)C(=O)O[C@H]1C[C@@](C)(O)[C@@]2(OC)CC[C@@](C)(/C=C3/OC(=O)C(COC(C)=O)=C31)O2. The molecular formula is C22H28O10. The number of aliphatic hydroxyl groups excluding tert-OH is 1. The highest BCUT2D eigenvalue weighted by molar-refractivity contribution is 5.96. The van der Waals surface area contributed by atoms with Crippen LogP contribution in [0.5, 0.6) is 0 Å². The van der Waals surface area contributed by atoms with Crippen LogP contribution >= 0.6 is 0 Å². The van der Waals surface area contributed by atoms with Crippen molar-refractivity contribution in [2.75, 3.05) is 20.3 Å². The minimum atomic E-state index is -1.68. The van der Waals surface area contributed by atoms with Crippen LogP contribution in [-0.4, -0.2) is 71.5 Å². The maximum absolute atomic E-state index is 12.6. The van der Waals surface area contributed by atoms with Gasteiger partial charge in [-0.05, 0) is 26.3 Å². The second-order valence-electron chi connectivity index (χ2n) is 8.58. The van der Waals surface area contributed by atoms with E-state index in [9.17, 15) is 24.6 Å². The number of hydrogen-bond donors (Lipinski definition) is 2. The molecule has 32 heavy (non-hydrogen) atoms. The summed E-state index contributed by atoms with van der Waals surface area (Å²) in [5.41, 5.74) is -2.74. The molecule has 10 heteroatoms. The Hall–Kier alpha value is -2.53. The highest BCUT2D eigenvalue weighted by Gasteiger charge is 2.60. The van der Waals surface area contributed by atoms with Crippen molar-refractivity contribution < 1.29 is 48.3 Å². The predicted molar refractivity (Wildman–Crippen MR) is 108 cm³/mol. The first-order valence-corrected chi connectivity index (χ1v) is 10.2. The lowest BCUT2D eigenvalue weighted by Gasteiger charge is -2.42. The van der Waals surface area contributed by atoms with Crippen molar-refractivity contribution in [3.63, 3.8) is 0 Å². The zero-order chi connectivity index (χ0) is 23.9. The number of hydrogen-bond acceptors (Lipinski definition) is 10. The number of carbonyl (C=O) groups is 3. The van der Waals surface area contributed by atoms with Crippen LogP contribution < -0.4 is 0 Å². The van der Waals surface area contributed by atoms with Crippen molar-refractivity contribution in [1.82, 2.24) is 0 Å². The van der Waals surface area contributed by atoms with E-state index in [0.29, 0.717) is 12.8 Å². The lowest BCUT2D eigenvalue weighted by molar-refractivity contribution is -0.310. The van der Waals surface area contributed by atoms with Gasteiger partial charge in [0.05, 0.1) is 23.4 Å². The van der Waals surface area contributed by atoms with Crippen molar-refractivity contribution in [3.05, 3.63) is 35.1 Å². The van der Waals surface area contributed by atoms with E-state index in [-0.39, 0.29) is 28.9 Å². The third-order valence-corrected chi connectivity index (χ3v) is 6.03. The molecule has 0 spiro atoms. The van der Waals surface area contributed by atoms with Gasteiger partial charge in [-0.3, -0.25) is 4.79 Å². The molecule has 3 rings (SSSR count). The number of carbonyl (C=O) groups excluding carboxylic acids is 3. The Bertz CT molecular complexity index is 914. The van der Waals surface area contributed by atoms with E-state index in [1.807, 2.05) is 0 Å². The summed E-state index contributed by atoms with van der Waals surface area (Å²) in [5, 5.41) is 20.7. The Morgan fingerprint density at radius 3 is 2.59 bits per heavy atom. The van der Waals surface area contributed by atoms with Crippen molar-refractivity contribution in [2.45, 2.75) is 63.1 Å². The molecule has 3 aliphatic heterocycles. The van der Waals surface area contributed by atoms with E-state index < -0.39 is 54.2 Å². The molecule has 0 aromatic heterocycles. The molecule has 1 saturated heterocycles. The van der Waals surface area contributed by atoms with Crippen LogP contribution in [0, 0.1) is 0 Å². The number of methoxy groups -OCH3 is 1. The molecule has 3 aliphatic rings. The van der Waals surface area contributed by atoms with E-state index in [4.69, 9.17) is 23.7 Å². The molecule has 0 amide bonds. The number of aliphatic hydroxyl groups is 2. The molecule has 0 radical (unpaired) electrons. The fourth-order valence-electron chi connectivity index (χ4n) is 4.26. The van der Waals surface area contributed by atoms with E-state index >= 15 is 0 Å². The van der Waals surface area contributed by atoms with Crippen LogP contribution in [0.3, 0.4) is 0 Å². The highest BCUT2D eigenvalue weighted by Crippen LogP contribution is 2.50. The van der Waals surface area contributed by atoms with Gasteiger partial charge in [-0.1, -0.05) is 6.58 Å². The molecule has 0 aromatic rings. The normalized spacial score (nSPS) is 35.6. The molecule has 4 atom stereocenters. The lowest BCUT2D eigenvalue weighted by atomic mass is 9.82. The first kappa shape index (κ1) is 24.1. The molecule has 0 saturated carbocycles. The third-order valence-electron chi connectivity index (χ3n) is 6.03. The molecule has 0 unspecified atom stereocenters. The predicted octanol–water partition coefficient (Wildman–Crippen LogP) is 0.814. The summed E-state index contributed by atoms with van der Waals surface area (Å²) in [6, 6.07) is 0. The van der Waals surface area contributed by atoms with Gasteiger partial charge < -0.3 is 33.9 Å². The molecule has 0 aromatic carbocycles. The van der Waals surface area contributed by atoms with E-state index in [2.05, 4.69) is 6.58 Å². The largest absolute Gasteiger partial charge is 0.461 e. The number of esters is 3. The van der Waals surface area contributed by atoms with E-state index in [1.165, 1.54) is 21.0 Å². The van der Waals surface area contributed by atoms with Crippen molar-refractivity contribution in [1.29, 1.82) is 0 Å². The topological polar surface area (TPSA) is 138 Å². The molecule has 2 bridgehead atoms. The zero-order valence-corrected chi connectivity index (χ0v) is 18.6. The zero-order valence-electron chi connectivity index (χ0n) is 18.6. The average molecular weight is 452 g/mol. The smallest absolute Gasteiger partial charge is 0.343 e. The van der Waals surface area contributed by atoms with Gasteiger partial charge in [0, 0.05) is 32.4 Å². The molecule has 1 fully saturated rings. The summed E-state index contributed by atoms with van der Waals surface area (Å²) in [5.74, 6) is -3.65. The summed E-state index contributed by atoms with van der Waals surface area (Å²) < 4.78 is 27.8. The van der Waals surface area contributed by atoms with Gasteiger partial charge in [0.1, 0.15) is 24.1 Å². The maximum Gasteiger partial charge on any atom is 0.343 e. The monoisotopic (exact) mass is 452 g/mol. The van der Waals surface area contributed by atoms with Crippen LogP contribution in [0.1, 0.15) is 40.0 Å². The van der Waals surface area contributed by atoms with Gasteiger partial charge >= 0.3 is 17.9 Å². The van der Waals surface area contributed by atoms with Crippen LogP contribution in [-0.2, 0) is 38.1 Å². The number of fused-ring (bicyclic) bond motifs is 3. The Morgan fingerprint density at radius 2 is 2.00 bits per heavy atom.